The van der Waals surface area contributed by atoms with Gasteiger partial charge in [-0.3, -0.25) is 0 Å². The summed E-state index contributed by atoms with van der Waals surface area (Å²) < 4.78 is 9.06. The SMILES string of the molecule is c1cc(-c2cccc3c2oc2ccccc23)cc(-n2c3cc4c5c(cccc5c3c3c5ccccc5c5ccccc5c32)-c2ccccc2-4)c1. The quantitative estimate of drug-likeness (QED) is 0.173. The highest BCUT2D eigenvalue weighted by atomic mass is 16.3. The molecule has 12 rings (SSSR count). The average molecular weight is 634 g/mol. The Morgan fingerprint density at radius 2 is 0.960 bits per heavy atom. The van der Waals surface area contributed by atoms with Gasteiger partial charge in [0.05, 0.1) is 11.0 Å². The molecule has 0 bridgehead atoms. The number of aromatic nitrogens is 1. The van der Waals surface area contributed by atoms with Crippen LogP contribution in [0.5, 0.6) is 0 Å². The number of rotatable bonds is 2. The van der Waals surface area contributed by atoms with Gasteiger partial charge in [0.25, 0.3) is 0 Å². The minimum atomic E-state index is 0.913. The van der Waals surface area contributed by atoms with Gasteiger partial charge in [-0.2, -0.15) is 0 Å². The molecule has 230 valence electrons. The van der Waals surface area contributed by atoms with Crippen molar-refractivity contribution in [2.45, 2.75) is 0 Å². The van der Waals surface area contributed by atoms with Gasteiger partial charge in [0.1, 0.15) is 11.2 Å². The largest absolute Gasteiger partial charge is 0.455 e. The van der Waals surface area contributed by atoms with Gasteiger partial charge in [-0.25, -0.2) is 0 Å². The summed E-state index contributed by atoms with van der Waals surface area (Å²) in [5.74, 6) is 0. The fraction of sp³-hybridized carbons (Fsp3) is 0. The summed E-state index contributed by atoms with van der Waals surface area (Å²) in [5.41, 5.74) is 12.9. The Morgan fingerprint density at radius 3 is 1.80 bits per heavy atom. The zero-order valence-electron chi connectivity index (χ0n) is 26.9. The Balaban J connectivity index is 1.27. The standard InChI is InChI=1S/C48H27NO/c1-2-17-34-32(15-1)36-22-11-24-40-44(36)41(34)27-42-45(40)46-37-19-5-3-14-31(37)33-16-4-6-20-38(33)47(46)49(42)29-13-9-12-28(26-29)30-21-10-23-39-35-18-7-8-25-43(35)50-48(30)39/h1-27H. The van der Waals surface area contributed by atoms with Gasteiger partial charge in [-0.15, -0.1) is 0 Å². The van der Waals surface area contributed by atoms with Crippen molar-refractivity contribution in [1.82, 2.24) is 4.57 Å². The van der Waals surface area contributed by atoms with Crippen LogP contribution in [0.4, 0.5) is 0 Å². The van der Waals surface area contributed by atoms with Gasteiger partial charge in [-0.1, -0.05) is 140 Å². The first-order valence-corrected chi connectivity index (χ1v) is 17.3. The fourth-order valence-electron chi connectivity index (χ4n) is 9.08. The van der Waals surface area contributed by atoms with Crippen LogP contribution in [0.1, 0.15) is 0 Å². The number of hydrogen-bond donors (Lipinski definition) is 0. The summed E-state index contributed by atoms with van der Waals surface area (Å²) in [6.45, 7) is 0. The van der Waals surface area contributed by atoms with Crippen LogP contribution >= 0.6 is 0 Å². The first-order valence-electron chi connectivity index (χ1n) is 17.3. The predicted octanol–water partition coefficient (Wildman–Crippen LogP) is 13.5. The number of hydrogen-bond acceptors (Lipinski definition) is 1. The molecule has 0 saturated carbocycles. The van der Waals surface area contributed by atoms with Crippen LogP contribution in [0, 0.1) is 0 Å². The minimum Gasteiger partial charge on any atom is -0.455 e. The van der Waals surface area contributed by atoms with Crippen molar-refractivity contribution in [3.8, 4) is 39.1 Å². The summed E-state index contributed by atoms with van der Waals surface area (Å²) in [4.78, 5) is 0. The van der Waals surface area contributed by atoms with E-state index < -0.39 is 0 Å². The molecule has 11 aromatic rings. The molecule has 0 N–H and O–H groups in total. The molecule has 9 aromatic carbocycles. The first kappa shape index (κ1) is 26.3. The van der Waals surface area contributed by atoms with E-state index in [4.69, 9.17) is 4.42 Å². The molecular weight excluding hydrogens is 607 g/mol. The molecule has 0 amide bonds. The summed E-state index contributed by atoms with van der Waals surface area (Å²) in [6.07, 6.45) is 0. The molecule has 2 nitrogen and oxygen atoms in total. The summed E-state index contributed by atoms with van der Waals surface area (Å²) in [6, 6.07) is 59.9. The number of benzene rings is 9. The highest BCUT2D eigenvalue weighted by Gasteiger charge is 2.27. The average Bonchev–Trinajstić information content (AvgIpc) is 3.84. The van der Waals surface area contributed by atoms with E-state index in [0.717, 1.165) is 38.8 Å². The highest BCUT2D eigenvalue weighted by Crippen LogP contribution is 2.53. The molecule has 2 aromatic heterocycles. The summed E-state index contributed by atoms with van der Waals surface area (Å²) >= 11 is 0. The van der Waals surface area contributed by atoms with E-state index in [1.807, 2.05) is 6.07 Å². The lowest BCUT2D eigenvalue weighted by atomic mass is 9.94. The normalized spacial score (nSPS) is 12.4. The monoisotopic (exact) mass is 633 g/mol. The Morgan fingerprint density at radius 1 is 0.360 bits per heavy atom. The third-order valence-electron chi connectivity index (χ3n) is 11.1. The lowest BCUT2D eigenvalue weighted by Gasteiger charge is -2.14. The van der Waals surface area contributed by atoms with E-state index in [9.17, 15) is 0 Å². The fourth-order valence-corrected chi connectivity index (χ4v) is 9.08. The predicted molar refractivity (Wildman–Crippen MR) is 210 cm³/mol. The second kappa shape index (κ2) is 9.49. The van der Waals surface area contributed by atoms with Gasteiger partial charge in [0.2, 0.25) is 0 Å². The highest BCUT2D eigenvalue weighted by molar-refractivity contribution is 6.38. The minimum absolute atomic E-state index is 0.913. The number of nitrogens with zero attached hydrogens (tertiary/aromatic N) is 1. The molecule has 0 aliphatic heterocycles. The van der Waals surface area contributed by atoms with Crippen molar-refractivity contribution in [2.75, 3.05) is 0 Å². The summed E-state index contributed by atoms with van der Waals surface area (Å²) in [7, 11) is 0. The Bertz CT molecular complexity index is 3260. The van der Waals surface area contributed by atoms with Crippen LogP contribution in [0.25, 0.3) is 115 Å². The van der Waals surface area contributed by atoms with E-state index in [-0.39, 0.29) is 0 Å². The molecule has 0 atom stereocenters. The lowest BCUT2D eigenvalue weighted by molar-refractivity contribution is 0.670. The Labute approximate surface area is 287 Å². The van der Waals surface area contributed by atoms with Gasteiger partial charge in [0, 0.05) is 38.2 Å². The number of para-hydroxylation sites is 2. The van der Waals surface area contributed by atoms with E-state index in [0.29, 0.717) is 0 Å². The molecule has 1 aliphatic carbocycles. The van der Waals surface area contributed by atoms with Crippen LogP contribution in [-0.4, -0.2) is 4.57 Å². The third kappa shape index (κ3) is 3.28. The first-order chi connectivity index (χ1) is 24.8. The van der Waals surface area contributed by atoms with Crippen LogP contribution in [-0.2, 0) is 0 Å². The molecule has 0 fully saturated rings. The van der Waals surface area contributed by atoms with Crippen molar-refractivity contribution >= 4 is 76.1 Å². The topological polar surface area (TPSA) is 18.1 Å². The maximum absolute atomic E-state index is 6.53. The van der Waals surface area contributed by atoms with Crippen LogP contribution in [0.3, 0.4) is 0 Å². The van der Waals surface area contributed by atoms with Gasteiger partial charge >= 0.3 is 0 Å². The zero-order chi connectivity index (χ0) is 32.5. The van der Waals surface area contributed by atoms with Gasteiger partial charge in [0.15, 0.2) is 0 Å². The van der Waals surface area contributed by atoms with Crippen LogP contribution < -0.4 is 0 Å². The van der Waals surface area contributed by atoms with E-state index in [1.165, 1.54) is 76.4 Å². The molecule has 1 aliphatic rings. The van der Waals surface area contributed by atoms with Crippen molar-refractivity contribution in [3.63, 3.8) is 0 Å². The van der Waals surface area contributed by atoms with Crippen molar-refractivity contribution < 1.29 is 4.42 Å². The summed E-state index contributed by atoms with van der Waals surface area (Å²) in [5, 5.41) is 12.6. The maximum atomic E-state index is 6.53. The number of furan rings is 1. The van der Waals surface area contributed by atoms with Crippen molar-refractivity contribution in [3.05, 3.63) is 164 Å². The van der Waals surface area contributed by atoms with E-state index in [2.05, 4.69) is 162 Å². The van der Waals surface area contributed by atoms with Crippen LogP contribution in [0.15, 0.2) is 168 Å². The second-order valence-electron chi connectivity index (χ2n) is 13.6. The van der Waals surface area contributed by atoms with Crippen LogP contribution in [0.2, 0.25) is 0 Å². The second-order valence-corrected chi connectivity index (χ2v) is 13.6. The molecule has 2 heteroatoms. The molecular formula is C48H27NO. The maximum Gasteiger partial charge on any atom is 0.143 e. The lowest BCUT2D eigenvalue weighted by Crippen LogP contribution is -1.96. The zero-order valence-corrected chi connectivity index (χ0v) is 26.9. The van der Waals surface area contributed by atoms with Crippen molar-refractivity contribution in [1.29, 1.82) is 0 Å². The molecule has 0 saturated heterocycles. The van der Waals surface area contributed by atoms with Crippen molar-refractivity contribution in [2.24, 2.45) is 0 Å². The molecule has 50 heavy (non-hydrogen) atoms. The molecule has 2 heterocycles. The molecule has 0 spiro atoms. The number of fused-ring (bicyclic) bond motifs is 15. The van der Waals surface area contributed by atoms with Gasteiger partial charge in [-0.05, 0) is 79.0 Å². The smallest absolute Gasteiger partial charge is 0.143 e. The molecule has 0 unspecified atom stereocenters. The van der Waals surface area contributed by atoms with Gasteiger partial charge < -0.3 is 8.98 Å². The van der Waals surface area contributed by atoms with E-state index in [1.54, 1.807) is 0 Å². The third-order valence-corrected chi connectivity index (χ3v) is 11.1. The van der Waals surface area contributed by atoms with E-state index >= 15 is 0 Å². The molecule has 0 radical (unpaired) electrons. The Kier molecular flexibility index (Phi) is 5.00. The Hall–Kier alpha value is -6.64.